The van der Waals surface area contributed by atoms with Crippen molar-refractivity contribution >= 4 is 23.8 Å². The molecule has 0 spiro atoms. The normalized spacial score (nSPS) is 11.3. The predicted molar refractivity (Wildman–Crippen MR) is 97.6 cm³/mol. The molecule has 0 unspecified atom stereocenters. The minimum atomic E-state index is 0.744. The number of hydrogen-bond acceptors (Lipinski definition) is 1. The Kier molecular flexibility index (Phi) is 4.63. The van der Waals surface area contributed by atoms with Gasteiger partial charge in [0.2, 0.25) is 0 Å². The van der Waals surface area contributed by atoms with Crippen molar-refractivity contribution in [2.75, 3.05) is 0 Å². The lowest BCUT2D eigenvalue weighted by Crippen LogP contribution is -2.01. The summed E-state index contributed by atoms with van der Waals surface area (Å²) in [6.45, 7) is 4.76. The van der Waals surface area contributed by atoms with Crippen LogP contribution in [0.2, 0.25) is 5.02 Å². The van der Waals surface area contributed by atoms with Crippen LogP contribution >= 0.6 is 11.6 Å². The number of nitrogens with zero attached hydrogens (tertiary/aromatic N) is 2. The van der Waals surface area contributed by atoms with Gasteiger partial charge >= 0.3 is 0 Å². The zero-order chi connectivity index (χ0) is 16.2. The Morgan fingerprint density at radius 3 is 2.39 bits per heavy atom. The van der Waals surface area contributed by atoms with Gasteiger partial charge in [-0.3, -0.25) is 0 Å². The molecular weight excluding hydrogens is 304 g/mol. The van der Waals surface area contributed by atoms with E-state index in [0.29, 0.717) is 0 Å². The quantitative estimate of drug-likeness (QED) is 0.590. The topological polar surface area (TPSA) is 17.8 Å². The molecule has 0 aliphatic carbocycles. The molecule has 0 saturated carbocycles. The molecule has 0 saturated heterocycles. The van der Waals surface area contributed by atoms with Crippen LogP contribution in [0, 0.1) is 13.8 Å². The molecule has 0 aliphatic heterocycles. The minimum absolute atomic E-state index is 0.744. The molecule has 3 rings (SSSR count). The number of hydrogen-bond donors (Lipinski definition) is 0. The summed E-state index contributed by atoms with van der Waals surface area (Å²) in [4.78, 5) is 4.43. The Labute approximate surface area is 142 Å². The van der Waals surface area contributed by atoms with Crippen molar-refractivity contribution in [1.82, 2.24) is 9.55 Å². The van der Waals surface area contributed by atoms with Crippen LogP contribution in [0.15, 0.2) is 54.7 Å². The van der Waals surface area contributed by atoms with Crippen molar-refractivity contribution in [3.63, 3.8) is 0 Å². The fraction of sp³-hybridized carbons (Fsp3) is 0.150. The maximum Gasteiger partial charge on any atom is 0.106 e. The molecule has 0 N–H and O–H groups in total. The zero-order valence-corrected chi connectivity index (χ0v) is 14.1. The van der Waals surface area contributed by atoms with E-state index in [1.165, 1.54) is 5.56 Å². The van der Waals surface area contributed by atoms with Gasteiger partial charge < -0.3 is 4.57 Å². The molecule has 2 aromatic carbocycles. The van der Waals surface area contributed by atoms with Gasteiger partial charge in [0.15, 0.2) is 0 Å². The van der Waals surface area contributed by atoms with E-state index in [1.54, 1.807) is 0 Å². The maximum absolute atomic E-state index is 6.45. The van der Waals surface area contributed by atoms with E-state index in [9.17, 15) is 0 Å². The van der Waals surface area contributed by atoms with Gasteiger partial charge in [-0.15, -0.1) is 0 Å². The zero-order valence-electron chi connectivity index (χ0n) is 13.3. The molecular formula is C20H19ClN2. The molecule has 0 fully saturated rings. The molecule has 0 radical (unpaired) electrons. The lowest BCUT2D eigenvalue weighted by Gasteiger charge is -2.08. The molecule has 3 aromatic rings. The second-order valence-electron chi connectivity index (χ2n) is 5.65. The van der Waals surface area contributed by atoms with E-state index in [1.807, 2.05) is 38.1 Å². The molecule has 0 bridgehead atoms. The van der Waals surface area contributed by atoms with Gasteiger partial charge in [0.1, 0.15) is 5.82 Å². The van der Waals surface area contributed by atoms with Crippen LogP contribution in [-0.2, 0) is 6.54 Å². The number of rotatable bonds is 4. The van der Waals surface area contributed by atoms with Gasteiger partial charge in [-0.2, -0.15) is 0 Å². The Morgan fingerprint density at radius 1 is 1.00 bits per heavy atom. The van der Waals surface area contributed by atoms with Crippen molar-refractivity contribution < 1.29 is 0 Å². The summed E-state index contributed by atoms with van der Waals surface area (Å²) in [7, 11) is 0. The number of benzene rings is 2. The molecule has 23 heavy (non-hydrogen) atoms. The van der Waals surface area contributed by atoms with Crippen LogP contribution in [0.25, 0.3) is 12.2 Å². The fourth-order valence-electron chi connectivity index (χ4n) is 2.56. The van der Waals surface area contributed by atoms with Crippen molar-refractivity contribution in [3.8, 4) is 0 Å². The maximum atomic E-state index is 6.45. The van der Waals surface area contributed by atoms with Crippen LogP contribution in [0.1, 0.15) is 28.2 Å². The molecule has 0 amide bonds. The Balaban J connectivity index is 1.78. The van der Waals surface area contributed by atoms with Gasteiger partial charge in [0.25, 0.3) is 0 Å². The summed E-state index contributed by atoms with van der Waals surface area (Å²) in [6, 6.07) is 16.4. The summed E-state index contributed by atoms with van der Waals surface area (Å²) in [5.41, 5.74) is 4.41. The van der Waals surface area contributed by atoms with Crippen molar-refractivity contribution in [2.24, 2.45) is 0 Å². The molecule has 116 valence electrons. The molecule has 0 aliphatic rings. The second-order valence-corrected chi connectivity index (χ2v) is 6.06. The highest BCUT2D eigenvalue weighted by atomic mass is 35.5. The van der Waals surface area contributed by atoms with Crippen molar-refractivity contribution in [1.29, 1.82) is 0 Å². The predicted octanol–water partition coefficient (Wildman–Crippen LogP) is 5.37. The first-order chi connectivity index (χ1) is 11.1. The van der Waals surface area contributed by atoms with Gasteiger partial charge in [0.05, 0.1) is 12.2 Å². The highest BCUT2D eigenvalue weighted by Crippen LogP contribution is 2.21. The molecule has 2 nitrogen and oxygen atoms in total. The first-order valence-corrected chi connectivity index (χ1v) is 8.01. The number of halogens is 1. The third-order valence-electron chi connectivity index (χ3n) is 3.78. The summed E-state index contributed by atoms with van der Waals surface area (Å²) >= 11 is 6.45. The SMILES string of the molecule is Cc1cn(Cc2ccc(C=Cc3ccccc3)cc2Cl)c(C)n1. The number of aryl methyl sites for hydroxylation is 2. The third-order valence-corrected chi connectivity index (χ3v) is 4.13. The van der Waals surface area contributed by atoms with E-state index in [-0.39, 0.29) is 0 Å². The van der Waals surface area contributed by atoms with Gasteiger partial charge in [-0.25, -0.2) is 4.98 Å². The highest BCUT2D eigenvalue weighted by Gasteiger charge is 2.05. The third kappa shape index (κ3) is 3.91. The van der Waals surface area contributed by atoms with Crippen LogP contribution in [0.4, 0.5) is 0 Å². The fourth-order valence-corrected chi connectivity index (χ4v) is 2.81. The number of imidazole rings is 1. The first-order valence-electron chi connectivity index (χ1n) is 7.64. The summed E-state index contributed by atoms with van der Waals surface area (Å²) < 4.78 is 2.12. The molecule has 1 aromatic heterocycles. The summed E-state index contributed by atoms with van der Waals surface area (Å²) in [5, 5.41) is 0.783. The Hall–Kier alpha value is -2.32. The van der Waals surface area contributed by atoms with Crippen LogP contribution in [-0.4, -0.2) is 9.55 Å². The van der Waals surface area contributed by atoms with Gasteiger partial charge in [0, 0.05) is 11.2 Å². The Morgan fingerprint density at radius 2 is 1.74 bits per heavy atom. The number of aromatic nitrogens is 2. The summed E-state index contributed by atoms with van der Waals surface area (Å²) in [5.74, 6) is 1.01. The van der Waals surface area contributed by atoms with Gasteiger partial charge in [-0.1, -0.05) is 66.2 Å². The molecule has 3 heteroatoms. The highest BCUT2D eigenvalue weighted by molar-refractivity contribution is 6.31. The van der Waals surface area contributed by atoms with E-state index in [0.717, 1.165) is 34.2 Å². The smallest absolute Gasteiger partial charge is 0.106 e. The standard InChI is InChI=1S/C20H19ClN2/c1-15-13-23(16(2)22-15)14-19-11-10-18(12-20(19)21)9-8-17-6-4-3-5-7-17/h3-13H,14H2,1-2H3. The van der Waals surface area contributed by atoms with E-state index in [4.69, 9.17) is 11.6 Å². The first kappa shape index (κ1) is 15.6. The van der Waals surface area contributed by atoms with E-state index in [2.05, 4.69) is 52.2 Å². The van der Waals surface area contributed by atoms with Crippen LogP contribution in [0.5, 0.6) is 0 Å². The summed E-state index contributed by atoms with van der Waals surface area (Å²) in [6.07, 6.45) is 6.22. The lowest BCUT2D eigenvalue weighted by molar-refractivity contribution is 0.762. The Bertz CT molecular complexity index is 832. The minimum Gasteiger partial charge on any atom is -0.330 e. The average molecular weight is 323 g/mol. The largest absolute Gasteiger partial charge is 0.330 e. The molecule has 0 atom stereocenters. The second kappa shape index (κ2) is 6.84. The van der Waals surface area contributed by atoms with Crippen LogP contribution < -0.4 is 0 Å². The monoisotopic (exact) mass is 322 g/mol. The van der Waals surface area contributed by atoms with E-state index >= 15 is 0 Å². The lowest BCUT2D eigenvalue weighted by atomic mass is 10.1. The molecule has 1 heterocycles. The average Bonchev–Trinajstić information content (AvgIpc) is 2.86. The van der Waals surface area contributed by atoms with Gasteiger partial charge in [-0.05, 0) is 36.6 Å². The van der Waals surface area contributed by atoms with E-state index < -0.39 is 0 Å². The van der Waals surface area contributed by atoms with Crippen molar-refractivity contribution in [2.45, 2.75) is 20.4 Å². The van der Waals surface area contributed by atoms with Crippen LogP contribution in [0.3, 0.4) is 0 Å². The van der Waals surface area contributed by atoms with Crippen molar-refractivity contribution in [3.05, 3.63) is 88.0 Å².